The van der Waals surface area contributed by atoms with Crippen molar-refractivity contribution in [3.8, 4) is 0 Å². The molecule has 1 aliphatic heterocycles. The van der Waals surface area contributed by atoms with Crippen LogP contribution in [0.3, 0.4) is 0 Å². The Labute approximate surface area is 104 Å². The molecule has 1 fully saturated rings. The fraction of sp³-hybridized carbons (Fsp3) is 0.500. The number of fused-ring (bicyclic) bond motifs is 1. The van der Waals surface area contributed by atoms with Gasteiger partial charge in [0.1, 0.15) is 6.33 Å². The third kappa shape index (κ3) is 2.11. The highest BCUT2D eigenvalue weighted by Gasteiger charge is 2.16. The van der Waals surface area contributed by atoms with Crippen LogP contribution in [0.5, 0.6) is 0 Å². The van der Waals surface area contributed by atoms with Crippen molar-refractivity contribution in [3.63, 3.8) is 0 Å². The molecule has 0 spiro atoms. The number of rotatable bonds is 2. The Balaban J connectivity index is 1.92. The lowest BCUT2D eigenvalue weighted by Gasteiger charge is -2.22. The molecule has 18 heavy (non-hydrogen) atoms. The Kier molecular flexibility index (Phi) is 3.02. The topological polar surface area (TPSA) is 69.9 Å². The van der Waals surface area contributed by atoms with Gasteiger partial charge in [0, 0.05) is 19.0 Å². The lowest BCUT2D eigenvalue weighted by atomic mass is 10.1. The maximum Gasteiger partial charge on any atom is 0.281 e. The van der Waals surface area contributed by atoms with Gasteiger partial charge in [-0.1, -0.05) is 0 Å². The van der Waals surface area contributed by atoms with Gasteiger partial charge in [0.25, 0.3) is 5.56 Å². The normalized spacial score (nSPS) is 20.1. The van der Waals surface area contributed by atoms with Crippen LogP contribution in [0.4, 0.5) is 0 Å². The summed E-state index contributed by atoms with van der Waals surface area (Å²) >= 11 is 0. The van der Waals surface area contributed by atoms with Crippen molar-refractivity contribution in [2.75, 3.05) is 6.61 Å². The van der Waals surface area contributed by atoms with Gasteiger partial charge in [-0.25, -0.2) is 15.0 Å². The Hall–Kier alpha value is -1.82. The molecule has 0 aromatic carbocycles. The number of aromatic nitrogens is 4. The molecule has 1 saturated heterocycles. The minimum absolute atomic E-state index is 0.104. The van der Waals surface area contributed by atoms with Gasteiger partial charge < -0.3 is 4.74 Å². The molecule has 0 radical (unpaired) electrons. The lowest BCUT2D eigenvalue weighted by molar-refractivity contribution is 0.00534. The van der Waals surface area contributed by atoms with Crippen LogP contribution in [0.2, 0.25) is 0 Å². The fourth-order valence-corrected chi connectivity index (χ4v) is 2.19. The number of hydrogen-bond donors (Lipinski definition) is 0. The second-order valence-electron chi connectivity index (χ2n) is 4.42. The summed E-state index contributed by atoms with van der Waals surface area (Å²) < 4.78 is 7.19. The predicted octanol–water partition coefficient (Wildman–Crippen LogP) is 0.756. The molecule has 0 amide bonds. The fourth-order valence-electron chi connectivity index (χ4n) is 2.19. The van der Waals surface area contributed by atoms with E-state index in [-0.39, 0.29) is 11.7 Å². The van der Waals surface area contributed by atoms with Crippen LogP contribution in [0.1, 0.15) is 19.3 Å². The van der Waals surface area contributed by atoms with E-state index < -0.39 is 0 Å². The van der Waals surface area contributed by atoms with E-state index >= 15 is 0 Å². The van der Waals surface area contributed by atoms with E-state index in [9.17, 15) is 4.79 Å². The van der Waals surface area contributed by atoms with Crippen molar-refractivity contribution < 1.29 is 4.74 Å². The Morgan fingerprint density at radius 3 is 3.00 bits per heavy atom. The second kappa shape index (κ2) is 4.81. The Morgan fingerprint density at radius 2 is 2.17 bits per heavy atom. The SMILES string of the molecule is O=c1c2nccnc2ncn1C[C@@H]1CCCCO1. The minimum Gasteiger partial charge on any atom is -0.376 e. The predicted molar refractivity (Wildman–Crippen MR) is 65.2 cm³/mol. The van der Waals surface area contributed by atoms with E-state index in [1.54, 1.807) is 4.57 Å². The van der Waals surface area contributed by atoms with E-state index in [1.807, 2.05) is 0 Å². The average molecular weight is 246 g/mol. The number of nitrogens with zero attached hydrogens (tertiary/aromatic N) is 4. The van der Waals surface area contributed by atoms with Gasteiger partial charge in [-0.2, -0.15) is 0 Å². The van der Waals surface area contributed by atoms with Gasteiger partial charge >= 0.3 is 0 Å². The van der Waals surface area contributed by atoms with Gasteiger partial charge in [-0.05, 0) is 19.3 Å². The molecule has 3 heterocycles. The van der Waals surface area contributed by atoms with Gasteiger partial charge in [0.2, 0.25) is 0 Å². The summed E-state index contributed by atoms with van der Waals surface area (Å²) in [5, 5.41) is 0. The first-order valence-corrected chi connectivity index (χ1v) is 6.12. The standard InChI is InChI=1S/C12H14N4O2/c17-12-10-11(14-5-4-13-10)15-8-16(12)7-9-3-1-2-6-18-9/h4-5,8-9H,1-3,6-7H2/t9-/m0/s1. The second-order valence-corrected chi connectivity index (χ2v) is 4.42. The third-order valence-corrected chi connectivity index (χ3v) is 3.14. The van der Waals surface area contributed by atoms with Crippen LogP contribution >= 0.6 is 0 Å². The molecule has 2 aromatic rings. The highest BCUT2D eigenvalue weighted by molar-refractivity contribution is 5.66. The molecule has 6 heteroatoms. The molecule has 94 valence electrons. The van der Waals surface area contributed by atoms with Crippen LogP contribution < -0.4 is 5.56 Å². The molecule has 0 unspecified atom stereocenters. The van der Waals surface area contributed by atoms with Crippen molar-refractivity contribution in [2.24, 2.45) is 0 Å². The summed E-state index contributed by atoms with van der Waals surface area (Å²) in [7, 11) is 0. The lowest BCUT2D eigenvalue weighted by Crippen LogP contribution is -2.31. The van der Waals surface area contributed by atoms with E-state index in [1.165, 1.54) is 18.7 Å². The van der Waals surface area contributed by atoms with Crippen LogP contribution in [-0.4, -0.2) is 32.2 Å². The first kappa shape index (κ1) is 11.3. The zero-order valence-corrected chi connectivity index (χ0v) is 9.95. The maximum absolute atomic E-state index is 12.2. The van der Waals surface area contributed by atoms with Crippen molar-refractivity contribution in [1.82, 2.24) is 19.5 Å². The molecular formula is C12H14N4O2. The molecule has 2 aromatic heterocycles. The molecule has 0 N–H and O–H groups in total. The van der Waals surface area contributed by atoms with Crippen molar-refractivity contribution in [2.45, 2.75) is 31.9 Å². The number of ether oxygens (including phenoxy) is 1. The number of hydrogen-bond acceptors (Lipinski definition) is 5. The van der Waals surface area contributed by atoms with E-state index in [4.69, 9.17) is 4.74 Å². The van der Waals surface area contributed by atoms with Crippen molar-refractivity contribution in [1.29, 1.82) is 0 Å². The maximum atomic E-state index is 12.2. The van der Waals surface area contributed by atoms with Gasteiger partial charge in [-0.3, -0.25) is 9.36 Å². The summed E-state index contributed by atoms with van der Waals surface area (Å²) in [6, 6.07) is 0. The summed E-state index contributed by atoms with van der Waals surface area (Å²) in [5.74, 6) is 0. The molecule has 0 bridgehead atoms. The molecule has 3 rings (SSSR count). The molecule has 1 aliphatic rings. The molecule has 6 nitrogen and oxygen atoms in total. The van der Waals surface area contributed by atoms with Gasteiger partial charge in [0.05, 0.1) is 12.6 Å². The average Bonchev–Trinajstić information content (AvgIpc) is 2.43. The van der Waals surface area contributed by atoms with Crippen LogP contribution in [0.15, 0.2) is 23.5 Å². The van der Waals surface area contributed by atoms with Crippen LogP contribution in [0.25, 0.3) is 11.2 Å². The van der Waals surface area contributed by atoms with E-state index in [2.05, 4.69) is 15.0 Å². The third-order valence-electron chi connectivity index (χ3n) is 3.14. The first-order chi connectivity index (χ1) is 8.84. The summed E-state index contributed by atoms with van der Waals surface area (Å²) in [4.78, 5) is 24.4. The molecular weight excluding hydrogens is 232 g/mol. The van der Waals surface area contributed by atoms with Gasteiger partial charge in [0.15, 0.2) is 11.2 Å². The smallest absolute Gasteiger partial charge is 0.281 e. The molecule has 1 atom stereocenters. The Morgan fingerprint density at radius 1 is 1.28 bits per heavy atom. The monoisotopic (exact) mass is 246 g/mol. The highest BCUT2D eigenvalue weighted by atomic mass is 16.5. The quantitative estimate of drug-likeness (QED) is 0.782. The van der Waals surface area contributed by atoms with Gasteiger partial charge in [-0.15, -0.1) is 0 Å². The zero-order chi connectivity index (χ0) is 12.4. The first-order valence-electron chi connectivity index (χ1n) is 6.12. The van der Waals surface area contributed by atoms with Crippen LogP contribution in [0, 0.1) is 0 Å². The summed E-state index contributed by atoms with van der Waals surface area (Å²) in [6.07, 6.45) is 7.92. The minimum atomic E-state index is -0.151. The summed E-state index contributed by atoms with van der Waals surface area (Å²) in [5.41, 5.74) is 0.557. The van der Waals surface area contributed by atoms with Crippen LogP contribution in [-0.2, 0) is 11.3 Å². The molecule has 0 saturated carbocycles. The highest BCUT2D eigenvalue weighted by Crippen LogP contribution is 2.13. The van der Waals surface area contributed by atoms with Crippen molar-refractivity contribution >= 4 is 11.2 Å². The van der Waals surface area contributed by atoms with Crippen molar-refractivity contribution in [3.05, 3.63) is 29.1 Å². The largest absolute Gasteiger partial charge is 0.376 e. The zero-order valence-electron chi connectivity index (χ0n) is 9.95. The van der Waals surface area contributed by atoms with E-state index in [0.29, 0.717) is 17.7 Å². The molecule has 0 aliphatic carbocycles. The Bertz CT molecular complexity index is 604. The van der Waals surface area contributed by atoms with E-state index in [0.717, 1.165) is 25.9 Å². The summed E-state index contributed by atoms with van der Waals surface area (Å²) in [6.45, 7) is 1.32.